The van der Waals surface area contributed by atoms with Gasteiger partial charge in [-0.1, -0.05) is 6.07 Å². The van der Waals surface area contributed by atoms with Crippen LogP contribution in [0.25, 0.3) is 0 Å². The Morgan fingerprint density at radius 1 is 1.11 bits per heavy atom. The molecule has 0 spiro atoms. The first kappa shape index (κ1) is 24.9. The van der Waals surface area contributed by atoms with E-state index < -0.39 is 17.6 Å². The van der Waals surface area contributed by atoms with Gasteiger partial charge in [-0.3, -0.25) is 19.1 Å². The van der Waals surface area contributed by atoms with Crippen molar-refractivity contribution < 1.29 is 22.8 Å². The Balaban J connectivity index is 1.17. The maximum atomic E-state index is 12.8. The van der Waals surface area contributed by atoms with Crippen LogP contribution in [0.4, 0.5) is 13.2 Å². The number of aryl methyl sites for hydroxylation is 1. The third-order valence-electron chi connectivity index (χ3n) is 6.65. The molecule has 2 heterocycles. The van der Waals surface area contributed by atoms with Crippen LogP contribution in [0.2, 0.25) is 0 Å². The molecule has 1 aliphatic heterocycles. The fourth-order valence-corrected chi connectivity index (χ4v) is 4.77. The van der Waals surface area contributed by atoms with Gasteiger partial charge in [0.05, 0.1) is 18.2 Å². The van der Waals surface area contributed by atoms with Gasteiger partial charge < -0.3 is 10.6 Å². The third kappa shape index (κ3) is 6.08. The van der Waals surface area contributed by atoms with Gasteiger partial charge in [0.1, 0.15) is 0 Å². The lowest BCUT2D eigenvalue weighted by Crippen LogP contribution is -2.63. The van der Waals surface area contributed by atoms with Gasteiger partial charge >= 0.3 is 11.9 Å². The van der Waals surface area contributed by atoms with Crippen molar-refractivity contribution in [3.8, 4) is 0 Å². The van der Waals surface area contributed by atoms with E-state index in [0.717, 1.165) is 49.4 Å². The van der Waals surface area contributed by atoms with Gasteiger partial charge in [-0.2, -0.15) is 13.2 Å². The highest BCUT2D eigenvalue weighted by atomic mass is 19.4. The van der Waals surface area contributed by atoms with Crippen LogP contribution in [0, 0.1) is 6.92 Å². The number of carbonyl (C=O) groups is 2. The van der Waals surface area contributed by atoms with E-state index in [1.54, 1.807) is 10.8 Å². The molecule has 2 aliphatic rings. The van der Waals surface area contributed by atoms with E-state index in [9.17, 15) is 27.6 Å². The number of likely N-dealkylation sites (tertiary alicyclic amines) is 1. The van der Waals surface area contributed by atoms with Crippen LogP contribution in [0.5, 0.6) is 0 Å². The van der Waals surface area contributed by atoms with Gasteiger partial charge in [-0.15, -0.1) is 0 Å². The summed E-state index contributed by atoms with van der Waals surface area (Å²) in [6.07, 6.45) is 2.60. The van der Waals surface area contributed by atoms with Crippen molar-refractivity contribution in [1.29, 1.82) is 0 Å². The van der Waals surface area contributed by atoms with Gasteiger partial charge in [0.2, 0.25) is 5.91 Å². The van der Waals surface area contributed by atoms with Crippen LogP contribution >= 0.6 is 0 Å². The zero-order valence-corrected chi connectivity index (χ0v) is 19.3. The lowest BCUT2D eigenvalue weighted by molar-refractivity contribution is -0.137. The van der Waals surface area contributed by atoms with E-state index >= 15 is 0 Å². The summed E-state index contributed by atoms with van der Waals surface area (Å²) < 4.78 is 40.2. The minimum atomic E-state index is -4.54. The molecule has 1 aliphatic carbocycles. The lowest BCUT2D eigenvalue weighted by atomic mass is 9.88. The van der Waals surface area contributed by atoms with Crippen LogP contribution < -0.4 is 16.3 Å². The first-order valence-corrected chi connectivity index (χ1v) is 11.6. The average molecular weight is 492 g/mol. The summed E-state index contributed by atoms with van der Waals surface area (Å²) in [5.41, 5.74) is -0.326. The number of halogens is 3. The molecule has 2 amide bonds. The molecule has 0 bridgehead atoms. The van der Waals surface area contributed by atoms with Crippen LogP contribution in [0.1, 0.15) is 53.2 Å². The van der Waals surface area contributed by atoms with E-state index in [-0.39, 0.29) is 35.8 Å². The van der Waals surface area contributed by atoms with Crippen LogP contribution in [-0.2, 0) is 11.0 Å². The van der Waals surface area contributed by atoms with Gasteiger partial charge in [-0.25, -0.2) is 9.78 Å². The molecule has 1 aromatic heterocycles. The number of benzene rings is 1. The topological polar surface area (TPSA) is 96.3 Å². The molecule has 11 heteroatoms. The Hall–Kier alpha value is -3.21. The fraction of sp³-hybridized carbons (Fsp3) is 0.500. The second-order valence-corrected chi connectivity index (χ2v) is 9.26. The van der Waals surface area contributed by atoms with E-state index in [1.165, 1.54) is 6.07 Å². The normalized spacial score (nSPS) is 21.3. The summed E-state index contributed by atoms with van der Waals surface area (Å²) in [7, 11) is 0. The van der Waals surface area contributed by atoms with Crippen molar-refractivity contribution in [2.75, 3.05) is 19.6 Å². The Kier molecular flexibility index (Phi) is 7.25. The maximum absolute atomic E-state index is 12.8. The number of hydrogen-bond acceptors (Lipinski definition) is 5. The highest BCUT2D eigenvalue weighted by Crippen LogP contribution is 2.32. The Morgan fingerprint density at radius 3 is 2.49 bits per heavy atom. The lowest BCUT2D eigenvalue weighted by Gasteiger charge is -2.46. The number of alkyl halides is 3. The van der Waals surface area contributed by atoms with Gasteiger partial charge in [-0.05, 0) is 56.4 Å². The highest BCUT2D eigenvalue weighted by Gasteiger charge is 2.36. The molecule has 1 saturated heterocycles. The number of amides is 2. The summed E-state index contributed by atoms with van der Waals surface area (Å²) in [5.74, 6) is -1.12. The van der Waals surface area contributed by atoms with Gasteiger partial charge in [0.25, 0.3) is 5.91 Å². The monoisotopic (exact) mass is 491 g/mol. The molecule has 2 N–H and O–H groups in total. The van der Waals surface area contributed by atoms with Crippen molar-refractivity contribution in [3.63, 3.8) is 0 Å². The Labute approximate surface area is 200 Å². The maximum Gasteiger partial charge on any atom is 0.416 e. The minimum Gasteiger partial charge on any atom is -0.349 e. The summed E-state index contributed by atoms with van der Waals surface area (Å²) >= 11 is 0. The molecule has 1 saturated carbocycles. The molecule has 8 nitrogen and oxygen atoms in total. The van der Waals surface area contributed by atoms with Gasteiger partial charge in [0.15, 0.2) is 0 Å². The molecule has 0 atom stereocenters. The molecule has 0 radical (unpaired) electrons. The summed E-state index contributed by atoms with van der Waals surface area (Å²) in [5, 5.41) is 5.22. The minimum absolute atomic E-state index is 0.0331. The molecule has 35 heavy (non-hydrogen) atoms. The Morgan fingerprint density at radius 2 is 1.80 bits per heavy atom. The third-order valence-corrected chi connectivity index (χ3v) is 6.65. The summed E-state index contributed by atoms with van der Waals surface area (Å²) in [6.45, 7) is 3.01. The number of carbonyl (C=O) groups excluding carboxylic acids is 2. The molecule has 0 unspecified atom stereocenters. The van der Waals surface area contributed by atoms with E-state index in [0.29, 0.717) is 19.1 Å². The summed E-state index contributed by atoms with van der Waals surface area (Å²) in [4.78, 5) is 42.6. The molecule has 1 aromatic carbocycles. The molecule has 4 rings (SSSR count). The zero-order valence-electron chi connectivity index (χ0n) is 19.3. The smallest absolute Gasteiger partial charge is 0.349 e. The molecular weight excluding hydrogens is 463 g/mol. The van der Waals surface area contributed by atoms with Crippen LogP contribution in [0.3, 0.4) is 0 Å². The molecule has 2 fully saturated rings. The fourth-order valence-electron chi connectivity index (χ4n) is 4.77. The van der Waals surface area contributed by atoms with Crippen molar-refractivity contribution >= 4 is 11.8 Å². The number of hydrogen-bond donors (Lipinski definition) is 2. The number of nitrogens with one attached hydrogen (secondary N) is 2. The number of rotatable bonds is 6. The second-order valence-electron chi connectivity index (χ2n) is 9.26. The standard InChI is InChI=1S/C24H28F3N5O3/c1-15-10-29-23(35)32(12-15)20-7-5-19(6-8-20)31-13-18(14-31)30-21(33)11-28-22(34)16-3-2-4-17(9-16)24(25,26)27/h2-4,9-10,12,18-20H,5-8,11,13-14H2,1H3,(H,28,34)(H,30,33). The van der Waals surface area contributed by atoms with E-state index in [1.807, 2.05) is 13.1 Å². The number of aromatic nitrogens is 2. The first-order chi connectivity index (χ1) is 16.6. The predicted molar refractivity (Wildman–Crippen MR) is 122 cm³/mol. The van der Waals surface area contributed by atoms with Crippen molar-refractivity contribution in [2.24, 2.45) is 0 Å². The average Bonchev–Trinajstić information content (AvgIpc) is 2.81. The van der Waals surface area contributed by atoms with Crippen LogP contribution in [-0.4, -0.2) is 58.0 Å². The van der Waals surface area contributed by atoms with Crippen molar-refractivity contribution in [3.05, 3.63) is 63.8 Å². The highest BCUT2D eigenvalue weighted by molar-refractivity contribution is 5.96. The zero-order chi connectivity index (χ0) is 25.2. The van der Waals surface area contributed by atoms with Gasteiger partial charge in [0, 0.05) is 43.1 Å². The number of nitrogens with zero attached hydrogens (tertiary/aromatic N) is 3. The van der Waals surface area contributed by atoms with Crippen LogP contribution in [0.15, 0.2) is 41.5 Å². The Bertz CT molecular complexity index is 1140. The quantitative estimate of drug-likeness (QED) is 0.647. The predicted octanol–water partition coefficient (Wildman–Crippen LogP) is 2.28. The first-order valence-electron chi connectivity index (χ1n) is 11.6. The SMILES string of the molecule is Cc1cnc(=O)n(C2CCC(N3CC(NC(=O)CNC(=O)c4cccc(C(F)(F)F)c4)C3)CC2)c1. The van der Waals surface area contributed by atoms with Crippen molar-refractivity contribution in [2.45, 2.75) is 56.9 Å². The van der Waals surface area contributed by atoms with Crippen molar-refractivity contribution in [1.82, 2.24) is 25.1 Å². The largest absolute Gasteiger partial charge is 0.416 e. The van der Waals surface area contributed by atoms with E-state index in [4.69, 9.17) is 0 Å². The molecule has 2 aromatic rings. The molecular formula is C24H28F3N5O3. The van der Waals surface area contributed by atoms with E-state index in [2.05, 4.69) is 20.5 Å². The molecule has 188 valence electrons. The second kappa shape index (κ2) is 10.2. The summed E-state index contributed by atoms with van der Waals surface area (Å²) in [6, 6.07) is 4.60.